The van der Waals surface area contributed by atoms with Crippen LogP contribution in [-0.4, -0.2) is 143 Å². The van der Waals surface area contributed by atoms with E-state index >= 15 is 0 Å². The third kappa shape index (κ3) is 6.82. The number of rotatable bonds is 12. The van der Waals surface area contributed by atoms with E-state index in [1.807, 2.05) is 0 Å². The van der Waals surface area contributed by atoms with Crippen molar-refractivity contribution in [2.45, 2.75) is 68.1 Å². The van der Waals surface area contributed by atoms with Gasteiger partial charge in [-0.15, -0.1) is 5.01 Å². The highest BCUT2D eigenvalue weighted by molar-refractivity contribution is 4.95. The third-order valence-electron chi connectivity index (χ3n) is 5.88. The molecule has 34 heavy (non-hydrogen) atoms. The second kappa shape index (κ2) is 13.6. The Bertz CT molecular complexity index is 633. The largest absolute Gasteiger partial charge is 0.737 e. The van der Waals surface area contributed by atoms with Crippen molar-refractivity contribution in [1.82, 2.24) is 10.3 Å². The molecule has 16 nitrogen and oxygen atoms in total. The Morgan fingerprint density at radius 3 is 2.32 bits per heavy atom. The van der Waals surface area contributed by atoms with Gasteiger partial charge in [0.05, 0.1) is 19.3 Å². The molecule has 2 rings (SSSR count). The van der Waals surface area contributed by atoms with Crippen molar-refractivity contribution in [3.05, 3.63) is 10.4 Å². The second-order valence-electron chi connectivity index (χ2n) is 8.15. The van der Waals surface area contributed by atoms with E-state index in [4.69, 9.17) is 24.7 Å². The molecule has 8 N–H and O–H groups in total. The van der Waals surface area contributed by atoms with E-state index in [0.717, 1.165) is 5.01 Å². The summed E-state index contributed by atoms with van der Waals surface area (Å²) in [7, 11) is 1.26. The molecule has 0 aliphatic carbocycles. The van der Waals surface area contributed by atoms with Crippen LogP contribution in [0.15, 0.2) is 5.28 Å². The molecule has 200 valence electrons. The van der Waals surface area contributed by atoms with Crippen LogP contribution in [0.4, 0.5) is 0 Å². The second-order valence-corrected chi connectivity index (χ2v) is 8.15. The predicted molar refractivity (Wildman–Crippen MR) is 113 cm³/mol. The average molecular weight is 499 g/mol. The molecule has 0 radical (unpaired) electrons. The summed E-state index contributed by atoms with van der Waals surface area (Å²) in [5.74, 6) is 0. The SMILES string of the molecule is COC1[C@@H](CN(CCNCCN)/[N+]([O-])=N/[O-])O[C@H](OC2[C@@H](CO)O[C@H](C)[C@H](O)[C@H]2O)[C@H](O)[C@H]1O. The molecular weight excluding hydrogens is 462 g/mol. The van der Waals surface area contributed by atoms with Crippen molar-refractivity contribution in [3.8, 4) is 0 Å². The van der Waals surface area contributed by atoms with Gasteiger partial charge in [0, 0.05) is 31.7 Å². The molecule has 0 aromatic carbocycles. The van der Waals surface area contributed by atoms with Gasteiger partial charge in [-0.2, -0.15) is 0 Å². The average Bonchev–Trinajstić information content (AvgIpc) is 2.83. The summed E-state index contributed by atoms with van der Waals surface area (Å²) in [5.41, 5.74) is 5.41. The van der Waals surface area contributed by atoms with Gasteiger partial charge >= 0.3 is 0 Å². The summed E-state index contributed by atoms with van der Waals surface area (Å²) in [5, 5.41) is 80.4. The minimum atomic E-state index is -1.66. The first-order valence-electron chi connectivity index (χ1n) is 11.0. The van der Waals surface area contributed by atoms with Crippen molar-refractivity contribution in [3.63, 3.8) is 0 Å². The molecule has 0 aromatic heterocycles. The van der Waals surface area contributed by atoms with Gasteiger partial charge in [0.2, 0.25) is 0 Å². The molecule has 0 amide bonds. The monoisotopic (exact) mass is 498 g/mol. The summed E-state index contributed by atoms with van der Waals surface area (Å²) >= 11 is 0. The lowest BCUT2D eigenvalue weighted by Gasteiger charge is -2.46. The Hall–Kier alpha value is -1.44. The summed E-state index contributed by atoms with van der Waals surface area (Å²) in [4.78, 5) is -0.175. The van der Waals surface area contributed by atoms with Crippen molar-refractivity contribution < 1.29 is 49.4 Å². The van der Waals surface area contributed by atoms with E-state index in [-0.39, 0.29) is 24.6 Å². The van der Waals surface area contributed by atoms with Gasteiger partial charge in [0.25, 0.3) is 0 Å². The molecule has 2 fully saturated rings. The summed E-state index contributed by atoms with van der Waals surface area (Å²) in [6.45, 7) is 1.82. The minimum Gasteiger partial charge on any atom is -0.737 e. The van der Waals surface area contributed by atoms with Crippen molar-refractivity contribution in [2.75, 3.05) is 46.4 Å². The summed E-state index contributed by atoms with van der Waals surface area (Å²) < 4.78 is 22.1. The number of hydrogen-bond acceptors (Lipinski definition) is 14. The first-order chi connectivity index (χ1) is 16.2. The highest BCUT2D eigenvalue weighted by atomic mass is 16.7. The van der Waals surface area contributed by atoms with Crippen LogP contribution in [0.25, 0.3) is 0 Å². The number of hydrogen-bond donors (Lipinski definition) is 7. The molecule has 16 heteroatoms. The van der Waals surface area contributed by atoms with Gasteiger partial charge in [-0.1, -0.05) is 0 Å². The first-order valence-corrected chi connectivity index (χ1v) is 11.0. The highest BCUT2D eigenvalue weighted by Crippen LogP contribution is 2.30. The van der Waals surface area contributed by atoms with Crippen LogP contribution in [0.2, 0.25) is 0 Å². The van der Waals surface area contributed by atoms with Gasteiger partial charge in [-0.3, -0.25) is 0 Å². The number of nitrogens with two attached hydrogens (primary N) is 1. The Morgan fingerprint density at radius 2 is 1.74 bits per heavy atom. The Labute approximate surface area is 196 Å². The summed E-state index contributed by atoms with van der Waals surface area (Å²) in [6.07, 6.45) is -13.0. The number of aliphatic hydroxyl groups excluding tert-OH is 5. The van der Waals surface area contributed by atoms with E-state index in [2.05, 4.69) is 10.6 Å². The van der Waals surface area contributed by atoms with Crippen molar-refractivity contribution in [1.29, 1.82) is 0 Å². The van der Waals surface area contributed by atoms with E-state index in [1.165, 1.54) is 14.0 Å². The minimum absolute atomic E-state index is 0.0293. The Balaban J connectivity index is 2.17. The van der Waals surface area contributed by atoms with Crippen LogP contribution in [-0.2, 0) is 18.9 Å². The molecule has 2 heterocycles. The third-order valence-corrected chi connectivity index (χ3v) is 5.88. The standard InChI is InChI=1S/C18H37N5O11/c1-9-12(25)13(26)17(11(8-24)32-9)34-18-15(28)14(27)16(31-2)10(33-18)7-22(23(30)21-29)6-5-20-4-3-19/h9-18,20,24-29H,3-8,19H2,1-2H3/p-1/b23-21-/t9-,10-,11-,12+,13-,14-,15-,16?,17?,18-/m1/s1. The van der Waals surface area contributed by atoms with E-state index in [1.54, 1.807) is 0 Å². The Kier molecular flexibility index (Phi) is 11.5. The van der Waals surface area contributed by atoms with Crippen LogP contribution in [0.1, 0.15) is 6.92 Å². The number of aliphatic hydroxyl groups is 5. The number of hydrazine groups is 1. The number of ether oxygens (including phenoxy) is 4. The fourth-order valence-corrected chi connectivity index (χ4v) is 3.99. The molecule has 10 atom stereocenters. The van der Waals surface area contributed by atoms with E-state index in [9.17, 15) is 35.9 Å². The van der Waals surface area contributed by atoms with Gasteiger partial charge in [-0.05, 0) is 12.2 Å². The van der Waals surface area contributed by atoms with E-state index < -0.39 is 67.8 Å². The van der Waals surface area contributed by atoms with Gasteiger partial charge in [0.15, 0.2) is 6.29 Å². The predicted octanol–water partition coefficient (Wildman–Crippen LogP) is -4.44. The molecule has 2 aliphatic heterocycles. The zero-order valence-corrected chi connectivity index (χ0v) is 19.1. The van der Waals surface area contributed by atoms with Crippen LogP contribution < -0.4 is 11.1 Å². The molecule has 2 unspecified atom stereocenters. The smallest absolute Gasteiger partial charge is 0.187 e. The highest BCUT2D eigenvalue weighted by Gasteiger charge is 2.50. The lowest BCUT2D eigenvalue weighted by molar-refractivity contribution is -0.692. The number of methoxy groups -OCH3 is 1. The maximum absolute atomic E-state index is 11.9. The van der Waals surface area contributed by atoms with Crippen molar-refractivity contribution in [2.24, 2.45) is 11.0 Å². The number of nitrogens with zero attached hydrogens (tertiary/aromatic N) is 3. The van der Waals surface area contributed by atoms with Crippen LogP contribution in [0.5, 0.6) is 0 Å². The van der Waals surface area contributed by atoms with Gasteiger partial charge in [-0.25, -0.2) is 0 Å². The number of nitrogens with one attached hydrogen (secondary N) is 1. The lowest BCUT2D eigenvalue weighted by Crippen LogP contribution is -2.65. The fraction of sp³-hybridized carbons (Fsp3) is 1.00. The zero-order chi connectivity index (χ0) is 25.4. The maximum atomic E-state index is 11.9. The molecule has 0 aromatic rings. The molecule has 2 saturated heterocycles. The molecule has 0 saturated carbocycles. The topological polar surface area (TPSA) is 241 Å². The van der Waals surface area contributed by atoms with Crippen LogP contribution in [0, 0.1) is 10.4 Å². The van der Waals surface area contributed by atoms with Gasteiger partial charge < -0.3 is 65.9 Å². The fourth-order valence-electron chi connectivity index (χ4n) is 3.99. The van der Waals surface area contributed by atoms with Crippen molar-refractivity contribution >= 4 is 0 Å². The quantitative estimate of drug-likeness (QED) is 0.0581. The molecule has 0 spiro atoms. The lowest BCUT2D eigenvalue weighted by atomic mass is 9.94. The normalized spacial score (nSPS) is 39.2. The molecule has 2 aliphatic rings. The molecule has 0 bridgehead atoms. The van der Waals surface area contributed by atoms with Gasteiger partial charge in [0.1, 0.15) is 55.4 Å². The first kappa shape index (κ1) is 28.8. The maximum Gasteiger partial charge on any atom is 0.187 e. The Morgan fingerprint density at radius 1 is 1.06 bits per heavy atom. The summed E-state index contributed by atoms with van der Waals surface area (Å²) in [6, 6.07) is 0. The zero-order valence-electron chi connectivity index (χ0n) is 19.1. The molecular formula is C18H36N5O11-. The van der Waals surface area contributed by atoms with Crippen LogP contribution >= 0.6 is 0 Å². The van der Waals surface area contributed by atoms with Crippen LogP contribution in [0.3, 0.4) is 0 Å². The van der Waals surface area contributed by atoms with E-state index in [0.29, 0.717) is 13.1 Å².